The van der Waals surface area contributed by atoms with Crippen LogP contribution in [0.4, 0.5) is 5.95 Å². The van der Waals surface area contributed by atoms with E-state index < -0.39 is 27.6 Å². The average molecular weight is 527 g/mol. The minimum absolute atomic E-state index is 0.0225. The van der Waals surface area contributed by atoms with Gasteiger partial charge in [-0.1, -0.05) is 47.6 Å². The highest BCUT2D eigenvalue weighted by Gasteiger charge is 2.44. The maximum absolute atomic E-state index is 13.3. The summed E-state index contributed by atoms with van der Waals surface area (Å²) in [6.45, 7) is 0.436. The summed E-state index contributed by atoms with van der Waals surface area (Å²) < 4.78 is 28.8. The van der Waals surface area contributed by atoms with E-state index in [4.69, 9.17) is 4.84 Å². The highest BCUT2D eigenvalue weighted by molar-refractivity contribution is 7.89. The first-order chi connectivity index (χ1) is 17.8. The molecule has 0 spiro atoms. The fourth-order valence-electron chi connectivity index (χ4n) is 3.74. The number of carboxylic acids is 1. The monoisotopic (exact) mass is 526 g/mol. The van der Waals surface area contributed by atoms with Gasteiger partial charge in [-0.2, -0.15) is 4.72 Å². The Labute approximate surface area is 213 Å². The van der Waals surface area contributed by atoms with E-state index >= 15 is 0 Å². The van der Waals surface area contributed by atoms with Gasteiger partial charge in [-0.3, -0.25) is 4.79 Å². The number of nitrogens with zero attached hydrogens (tertiary/aromatic N) is 2. The molecular formula is C24H26N6O6S. The number of H-pyrrole nitrogens is 1. The Kier molecular flexibility index (Phi) is 7.84. The van der Waals surface area contributed by atoms with Gasteiger partial charge < -0.3 is 25.6 Å². The van der Waals surface area contributed by atoms with Gasteiger partial charge in [0.25, 0.3) is 5.91 Å². The lowest BCUT2D eigenvalue weighted by molar-refractivity contribution is -0.147. The molecule has 37 heavy (non-hydrogen) atoms. The van der Waals surface area contributed by atoms with Crippen molar-refractivity contribution in [3.05, 3.63) is 67.0 Å². The maximum Gasteiger partial charge on any atom is 0.345 e. The van der Waals surface area contributed by atoms with Crippen LogP contribution in [0.1, 0.15) is 19.3 Å². The van der Waals surface area contributed by atoms with Gasteiger partial charge in [0.2, 0.25) is 15.7 Å². The Morgan fingerprint density at radius 2 is 1.81 bits per heavy atom. The van der Waals surface area contributed by atoms with Crippen LogP contribution < -0.4 is 15.4 Å². The van der Waals surface area contributed by atoms with Crippen LogP contribution in [0.5, 0.6) is 0 Å². The molecule has 3 aromatic rings. The zero-order valence-electron chi connectivity index (χ0n) is 19.7. The summed E-state index contributed by atoms with van der Waals surface area (Å²) in [5, 5.41) is 19.1. The summed E-state index contributed by atoms with van der Waals surface area (Å²) in [5.74, 6) is -1.93. The van der Waals surface area contributed by atoms with Crippen molar-refractivity contribution < 1.29 is 28.0 Å². The molecule has 13 heteroatoms. The molecule has 5 N–H and O–H groups in total. The van der Waals surface area contributed by atoms with Gasteiger partial charge in [0.15, 0.2) is 5.95 Å². The minimum Gasteiger partial charge on any atom is -0.478 e. The lowest BCUT2D eigenvalue weighted by atomic mass is 10.0. The number of aromatic nitrogens is 2. The Balaban J connectivity index is 1.56. The fourth-order valence-corrected chi connectivity index (χ4v) is 5.05. The van der Waals surface area contributed by atoms with Crippen molar-refractivity contribution in [3.63, 3.8) is 0 Å². The summed E-state index contributed by atoms with van der Waals surface area (Å²) in [5.41, 5.74) is -0.675. The summed E-state index contributed by atoms with van der Waals surface area (Å²) >= 11 is 0. The molecule has 1 amide bonds. The molecule has 0 saturated carbocycles. The second kappa shape index (κ2) is 11.2. The molecule has 12 nitrogen and oxygen atoms in total. The third kappa shape index (κ3) is 6.32. The minimum atomic E-state index is -4.37. The predicted octanol–water partition coefficient (Wildman–Crippen LogP) is 1.92. The van der Waals surface area contributed by atoms with E-state index in [0.717, 1.165) is 11.1 Å². The van der Waals surface area contributed by atoms with E-state index in [2.05, 4.69) is 30.5 Å². The standard InChI is InChI=1S/C24H26N6O6S/c31-21(20-11-16-36-29-20)28-24(22(32)33,12-4-13-25-23-26-14-15-27-23)30-37(34,35)19-9-7-18(8-10-19)17-5-2-1-3-6-17/h1-3,5-10,14-15,30H,4,11-13,16H2,(H,28,31)(H,32,33)(H2,25,26,27). The van der Waals surface area contributed by atoms with Gasteiger partial charge >= 0.3 is 5.97 Å². The summed E-state index contributed by atoms with van der Waals surface area (Å²) in [6.07, 6.45) is 3.25. The van der Waals surface area contributed by atoms with Gasteiger partial charge in [-0.05, 0) is 36.1 Å². The number of amides is 1. The van der Waals surface area contributed by atoms with E-state index in [1.54, 1.807) is 24.5 Å². The summed E-state index contributed by atoms with van der Waals surface area (Å²) in [7, 11) is -4.37. The first-order valence-electron chi connectivity index (χ1n) is 11.5. The number of sulfonamides is 1. The topological polar surface area (TPSA) is 175 Å². The Bertz CT molecular complexity index is 1360. The quantitative estimate of drug-likeness (QED) is 0.176. The van der Waals surface area contributed by atoms with Crippen LogP contribution in [0.2, 0.25) is 0 Å². The number of anilines is 1. The lowest BCUT2D eigenvalue weighted by Gasteiger charge is -2.31. The number of aliphatic carboxylic acids is 1. The normalized spacial score (nSPS) is 14.8. The van der Waals surface area contributed by atoms with Crippen LogP contribution in [-0.2, 0) is 24.4 Å². The van der Waals surface area contributed by atoms with E-state index in [9.17, 15) is 23.1 Å². The van der Waals surface area contributed by atoms with Crippen molar-refractivity contribution >= 4 is 33.6 Å². The number of benzene rings is 2. The van der Waals surface area contributed by atoms with E-state index in [0.29, 0.717) is 5.95 Å². The van der Waals surface area contributed by atoms with Crippen LogP contribution in [0.25, 0.3) is 11.1 Å². The van der Waals surface area contributed by atoms with Gasteiger partial charge in [0.1, 0.15) is 12.3 Å². The SMILES string of the molecule is O=C(NC(CCCNc1ncc[nH]1)(NS(=O)(=O)c1ccc(-c2ccccc2)cc1)C(=O)O)C1=NOCC1. The molecule has 4 rings (SSSR count). The molecule has 1 aliphatic rings. The number of carboxylic acid groups (broad SMARTS) is 1. The first kappa shape index (κ1) is 25.9. The Hall–Kier alpha value is -4.23. The number of hydrogen-bond donors (Lipinski definition) is 5. The number of carbonyl (C=O) groups excluding carboxylic acids is 1. The molecule has 0 radical (unpaired) electrons. The predicted molar refractivity (Wildman–Crippen MR) is 135 cm³/mol. The summed E-state index contributed by atoms with van der Waals surface area (Å²) in [4.78, 5) is 36.8. The van der Waals surface area contributed by atoms with Crippen molar-refractivity contribution in [1.29, 1.82) is 0 Å². The number of hydrogen-bond acceptors (Lipinski definition) is 8. The van der Waals surface area contributed by atoms with Crippen molar-refractivity contribution in [2.75, 3.05) is 18.5 Å². The van der Waals surface area contributed by atoms with Crippen LogP contribution in [-0.4, -0.2) is 59.9 Å². The zero-order chi connectivity index (χ0) is 26.3. The van der Waals surface area contributed by atoms with Crippen LogP contribution in [0.3, 0.4) is 0 Å². The summed E-state index contributed by atoms with van der Waals surface area (Å²) in [6, 6.07) is 15.4. The molecule has 1 aliphatic heterocycles. The molecule has 0 aliphatic carbocycles. The number of imidazole rings is 1. The van der Waals surface area contributed by atoms with Gasteiger partial charge in [-0.25, -0.2) is 18.2 Å². The largest absolute Gasteiger partial charge is 0.478 e. The molecule has 1 atom stereocenters. The number of nitrogens with one attached hydrogen (secondary N) is 4. The lowest BCUT2D eigenvalue weighted by Crippen LogP contribution is -2.66. The van der Waals surface area contributed by atoms with Crippen LogP contribution >= 0.6 is 0 Å². The van der Waals surface area contributed by atoms with Crippen LogP contribution in [0, 0.1) is 0 Å². The number of carbonyl (C=O) groups is 2. The molecule has 194 valence electrons. The molecule has 0 saturated heterocycles. The Morgan fingerprint density at radius 1 is 1.08 bits per heavy atom. The highest BCUT2D eigenvalue weighted by Crippen LogP contribution is 2.23. The molecule has 2 aromatic carbocycles. The zero-order valence-corrected chi connectivity index (χ0v) is 20.5. The highest BCUT2D eigenvalue weighted by atomic mass is 32.2. The molecule has 1 unspecified atom stereocenters. The Morgan fingerprint density at radius 3 is 2.43 bits per heavy atom. The van der Waals surface area contributed by atoms with Crippen molar-refractivity contribution in [1.82, 2.24) is 20.0 Å². The second-order valence-corrected chi connectivity index (χ2v) is 9.93. The third-order valence-electron chi connectivity index (χ3n) is 5.66. The van der Waals surface area contributed by atoms with Crippen molar-refractivity contribution in [2.24, 2.45) is 5.16 Å². The first-order valence-corrected chi connectivity index (χ1v) is 12.9. The molecular weight excluding hydrogens is 500 g/mol. The van der Waals surface area contributed by atoms with E-state index in [-0.39, 0.29) is 43.0 Å². The number of rotatable bonds is 12. The third-order valence-corrected chi connectivity index (χ3v) is 7.17. The van der Waals surface area contributed by atoms with Gasteiger partial charge in [-0.15, -0.1) is 0 Å². The van der Waals surface area contributed by atoms with Crippen molar-refractivity contribution in [3.8, 4) is 11.1 Å². The smallest absolute Gasteiger partial charge is 0.345 e. The number of aromatic amines is 1. The second-order valence-electron chi connectivity index (χ2n) is 8.25. The maximum atomic E-state index is 13.3. The van der Waals surface area contributed by atoms with E-state index in [1.807, 2.05) is 30.3 Å². The van der Waals surface area contributed by atoms with Crippen LogP contribution in [0.15, 0.2) is 77.0 Å². The fraction of sp³-hybridized carbons (Fsp3) is 0.250. The molecule has 0 bridgehead atoms. The van der Waals surface area contributed by atoms with Gasteiger partial charge in [0, 0.05) is 25.4 Å². The average Bonchev–Trinajstić information content (AvgIpc) is 3.62. The molecule has 1 aromatic heterocycles. The van der Waals surface area contributed by atoms with Crippen molar-refractivity contribution in [2.45, 2.75) is 29.8 Å². The molecule has 0 fully saturated rings. The van der Waals surface area contributed by atoms with E-state index in [1.165, 1.54) is 12.1 Å². The number of oxime groups is 1. The van der Waals surface area contributed by atoms with Gasteiger partial charge in [0.05, 0.1) is 4.90 Å². The molecule has 2 heterocycles.